The van der Waals surface area contributed by atoms with Crippen LogP contribution in [0.15, 0.2) is 36.4 Å². The Bertz CT molecular complexity index is 706. The molecular weight excluding hydrogens is 270 g/mol. The van der Waals surface area contributed by atoms with E-state index in [2.05, 4.69) is 6.07 Å². The van der Waals surface area contributed by atoms with Gasteiger partial charge in [-0.2, -0.15) is 5.26 Å². The topological polar surface area (TPSA) is 60.7 Å². The molecule has 0 unspecified atom stereocenters. The van der Waals surface area contributed by atoms with Crippen LogP contribution in [0.5, 0.6) is 23.0 Å². The van der Waals surface area contributed by atoms with Crippen LogP contribution in [-0.2, 0) is 6.61 Å². The van der Waals surface area contributed by atoms with E-state index in [1.165, 1.54) is 0 Å². The van der Waals surface area contributed by atoms with Crippen molar-refractivity contribution in [2.75, 3.05) is 13.9 Å². The molecule has 1 aliphatic rings. The number of hydrogen-bond donors (Lipinski definition) is 0. The number of hydrogen-bond acceptors (Lipinski definition) is 5. The van der Waals surface area contributed by atoms with Gasteiger partial charge in [-0.25, -0.2) is 0 Å². The van der Waals surface area contributed by atoms with Gasteiger partial charge >= 0.3 is 0 Å². The van der Waals surface area contributed by atoms with Gasteiger partial charge in [-0.05, 0) is 29.8 Å². The summed E-state index contributed by atoms with van der Waals surface area (Å²) in [5.41, 5.74) is 1.49. The second kappa shape index (κ2) is 5.63. The van der Waals surface area contributed by atoms with Gasteiger partial charge in [-0.1, -0.05) is 6.07 Å². The molecule has 5 nitrogen and oxygen atoms in total. The Morgan fingerprint density at radius 1 is 1.10 bits per heavy atom. The van der Waals surface area contributed by atoms with Gasteiger partial charge in [-0.15, -0.1) is 0 Å². The summed E-state index contributed by atoms with van der Waals surface area (Å²) >= 11 is 0. The van der Waals surface area contributed by atoms with E-state index in [4.69, 9.17) is 24.2 Å². The summed E-state index contributed by atoms with van der Waals surface area (Å²) in [5.74, 6) is 2.60. The number of rotatable bonds is 4. The van der Waals surface area contributed by atoms with Gasteiger partial charge in [0.2, 0.25) is 6.79 Å². The predicted octanol–water partition coefficient (Wildman–Crippen LogP) is 2.87. The van der Waals surface area contributed by atoms with E-state index in [0.717, 1.165) is 17.1 Å². The second-order valence-corrected chi connectivity index (χ2v) is 4.45. The van der Waals surface area contributed by atoms with Crippen molar-refractivity contribution in [2.24, 2.45) is 0 Å². The Hall–Kier alpha value is -2.87. The highest BCUT2D eigenvalue weighted by Gasteiger charge is 2.13. The lowest BCUT2D eigenvalue weighted by molar-refractivity contribution is 0.174. The maximum Gasteiger partial charge on any atom is 0.231 e. The minimum absolute atomic E-state index is 0.253. The van der Waals surface area contributed by atoms with Gasteiger partial charge in [0.15, 0.2) is 23.0 Å². The molecule has 3 rings (SSSR count). The first-order valence-corrected chi connectivity index (χ1v) is 6.39. The number of fused-ring (bicyclic) bond motifs is 1. The fraction of sp³-hybridized carbons (Fsp3) is 0.188. The smallest absolute Gasteiger partial charge is 0.231 e. The molecule has 0 atom stereocenters. The zero-order valence-electron chi connectivity index (χ0n) is 11.5. The highest BCUT2D eigenvalue weighted by molar-refractivity contribution is 5.47. The Labute approximate surface area is 122 Å². The van der Waals surface area contributed by atoms with Crippen molar-refractivity contribution in [1.29, 1.82) is 5.26 Å². The molecule has 0 saturated heterocycles. The van der Waals surface area contributed by atoms with Crippen molar-refractivity contribution in [3.63, 3.8) is 0 Å². The molecule has 21 heavy (non-hydrogen) atoms. The first-order valence-electron chi connectivity index (χ1n) is 6.39. The molecule has 1 heterocycles. The highest BCUT2D eigenvalue weighted by atomic mass is 16.7. The van der Waals surface area contributed by atoms with Gasteiger partial charge in [0.25, 0.3) is 0 Å². The standard InChI is InChI=1S/C16H13NO4/c1-18-15-6-11(8-17)2-4-13(15)19-9-12-3-5-14-16(7-12)21-10-20-14/h2-7H,9-10H2,1H3. The van der Waals surface area contributed by atoms with Gasteiger partial charge in [0.1, 0.15) is 6.61 Å². The minimum Gasteiger partial charge on any atom is -0.493 e. The molecule has 0 fully saturated rings. The van der Waals surface area contributed by atoms with Crippen LogP contribution in [0.1, 0.15) is 11.1 Å². The third kappa shape index (κ3) is 2.70. The summed E-state index contributed by atoms with van der Waals surface area (Å²) < 4.78 is 21.6. The normalized spacial score (nSPS) is 11.8. The molecule has 1 aliphatic heterocycles. The van der Waals surface area contributed by atoms with Crippen LogP contribution in [-0.4, -0.2) is 13.9 Å². The van der Waals surface area contributed by atoms with Crippen LogP contribution in [0.4, 0.5) is 0 Å². The van der Waals surface area contributed by atoms with E-state index in [1.807, 2.05) is 18.2 Å². The molecule has 0 aliphatic carbocycles. The maximum atomic E-state index is 8.87. The zero-order valence-corrected chi connectivity index (χ0v) is 11.5. The highest BCUT2D eigenvalue weighted by Crippen LogP contribution is 2.33. The molecule has 0 N–H and O–H groups in total. The molecule has 0 amide bonds. The quantitative estimate of drug-likeness (QED) is 0.863. The van der Waals surface area contributed by atoms with Crippen molar-refractivity contribution in [2.45, 2.75) is 6.61 Å². The van der Waals surface area contributed by atoms with E-state index < -0.39 is 0 Å². The molecule has 0 saturated carbocycles. The lowest BCUT2D eigenvalue weighted by atomic mass is 10.2. The van der Waals surface area contributed by atoms with E-state index in [-0.39, 0.29) is 6.79 Å². The number of ether oxygens (including phenoxy) is 4. The van der Waals surface area contributed by atoms with Crippen LogP contribution < -0.4 is 18.9 Å². The van der Waals surface area contributed by atoms with E-state index in [1.54, 1.807) is 25.3 Å². The largest absolute Gasteiger partial charge is 0.493 e. The van der Waals surface area contributed by atoms with E-state index in [0.29, 0.717) is 23.7 Å². The Morgan fingerprint density at radius 3 is 2.76 bits per heavy atom. The Morgan fingerprint density at radius 2 is 1.95 bits per heavy atom. The first kappa shape index (κ1) is 13.1. The summed E-state index contributed by atoms with van der Waals surface area (Å²) in [4.78, 5) is 0. The average Bonchev–Trinajstić information content (AvgIpc) is 3.00. The molecular formula is C16H13NO4. The summed E-state index contributed by atoms with van der Waals surface area (Å²) in [6, 6.07) is 12.8. The third-order valence-corrected chi connectivity index (χ3v) is 3.12. The molecule has 106 valence electrons. The number of nitrogens with zero attached hydrogens (tertiary/aromatic N) is 1. The summed E-state index contributed by atoms with van der Waals surface area (Å²) in [6.07, 6.45) is 0. The predicted molar refractivity (Wildman–Crippen MR) is 74.6 cm³/mol. The van der Waals surface area contributed by atoms with Gasteiger partial charge < -0.3 is 18.9 Å². The Balaban J connectivity index is 1.74. The van der Waals surface area contributed by atoms with E-state index in [9.17, 15) is 0 Å². The second-order valence-electron chi connectivity index (χ2n) is 4.45. The average molecular weight is 283 g/mol. The summed E-state index contributed by atoms with van der Waals surface area (Å²) in [6.45, 7) is 0.627. The van der Waals surface area contributed by atoms with Gasteiger partial charge in [0.05, 0.1) is 18.7 Å². The van der Waals surface area contributed by atoms with Crippen molar-refractivity contribution >= 4 is 0 Å². The van der Waals surface area contributed by atoms with E-state index >= 15 is 0 Å². The molecule has 5 heteroatoms. The first-order chi connectivity index (χ1) is 10.3. The number of methoxy groups -OCH3 is 1. The zero-order chi connectivity index (χ0) is 14.7. The number of nitriles is 1. The van der Waals surface area contributed by atoms with Crippen LogP contribution >= 0.6 is 0 Å². The fourth-order valence-corrected chi connectivity index (χ4v) is 2.05. The summed E-state index contributed by atoms with van der Waals surface area (Å²) in [5, 5.41) is 8.87. The molecule has 0 bridgehead atoms. The van der Waals surface area contributed by atoms with Crippen molar-refractivity contribution in [3.8, 4) is 29.1 Å². The molecule has 0 radical (unpaired) electrons. The van der Waals surface area contributed by atoms with Crippen molar-refractivity contribution in [3.05, 3.63) is 47.5 Å². The number of benzene rings is 2. The molecule has 0 spiro atoms. The Kier molecular flexibility index (Phi) is 3.52. The SMILES string of the molecule is COc1cc(C#N)ccc1OCc1ccc2c(c1)OCO2. The van der Waals surface area contributed by atoms with Crippen LogP contribution in [0.25, 0.3) is 0 Å². The van der Waals surface area contributed by atoms with Gasteiger partial charge in [-0.3, -0.25) is 0 Å². The van der Waals surface area contributed by atoms with Gasteiger partial charge in [0, 0.05) is 6.07 Å². The third-order valence-electron chi connectivity index (χ3n) is 3.12. The lowest BCUT2D eigenvalue weighted by Gasteiger charge is -2.11. The van der Waals surface area contributed by atoms with Crippen LogP contribution in [0.3, 0.4) is 0 Å². The molecule has 2 aromatic rings. The molecule has 0 aromatic heterocycles. The van der Waals surface area contributed by atoms with Crippen molar-refractivity contribution < 1.29 is 18.9 Å². The van der Waals surface area contributed by atoms with Crippen LogP contribution in [0.2, 0.25) is 0 Å². The monoisotopic (exact) mass is 283 g/mol. The van der Waals surface area contributed by atoms with Crippen molar-refractivity contribution in [1.82, 2.24) is 0 Å². The van der Waals surface area contributed by atoms with Crippen LogP contribution in [0, 0.1) is 11.3 Å². The summed E-state index contributed by atoms with van der Waals surface area (Å²) in [7, 11) is 1.55. The fourth-order valence-electron chi connectivity index (χ4n) is 2.05. The molecule has 2 aromatic carbocycles. The maximum absolute atomic E-state index is 8.87. The lowest BCUT2D eigenvalue weighted by Crippen LogP contribution is -1.98. The minimum atomic E-state index is 0.253.